The van der Waals surface area contributed by atoms with E-state index in [1.807, 2.05) is 26.0 Å². The predicted molar refractivity (Wildman–Crippen MR) is 91.2 cm³/mol. The number of benzene rings is 1. The van der Waals surface area contributed by atoms with Crippen molar-refractivity contribution in [2.75, 3.05) is 18.0 Å². The molecular formula is C17H18N2O2S. The predicted octanol–water partition coefficient (Wildman–Crippen LogP) is 4.01. The third kappa shape index (κ3) is 2.11. The van der Waals surface area contributed by atoms with Crippen molar-refractivity contribution in [3.05, 3.63) is 33.5 Å². The van der Waals surface area contributed by atoms with Crippen molar-refractivity contribution < 1.29 is 4.42 Å². The van der Waals surface area contributed by atoms with Gasteiger partial charge in [-0.15, -0.1) is 0 Å². The highest BCUT2D eigenvalue weighted by Crippen LogP contribution is 2.31. The van der Waals surface area contributed by atoms with Crippen LogP contribution in [-0.4, -0.2) is 18.1 Å². The molecule has 3 aromatic rings. The maximum absolute atomic E-state index is 12.7. The van der Waals surface area contributed by atoms with E-state index in [1.54, 1.807) is 0 Å². The number of hydrogen-bond donors (Lipinski definition) is 0. The van der Waals surface area contributed by atoms with Crippen LogP contribution in [0.3, 0.4) is 0 Å². The Kier molecular flexibility index (Phi) is 3.18. The number of rotatable bonds is 1. The van der Waals surface area contributed by atoms with Crippen molar-refractivity contribution in [2.24, 2.45) is 0 Å². The molecule has 0 N–H and O–H groups in total. The van der Waals surface area contributed by atoms with Gasteiger partial charge in [-0.2, -0.15) is 4.98 Å². The molecule has 0 bridgehead atoms. The van der Waals surface area contributed by atoms with Crippen molar-refractivity contribution >= 4 is 37.9 Å². The van der Waals surface area contributed by atoms with E-state index in [2.05, 4.69) is 9.88 Å². The van der Waals surface area contributed by atoms with Gasteiger partial charge in [-0.1, -0.05) is 11.3 Å². The lowest BCUT2D eigenvalue weighted by Gasteiger charge is -2.25. The Balaban J connectivity index is 1.93. The normalized spacial score (nSPS) is 15.8. The van der Waals surface area contributed by atoms with Crippen molar-refractivity contribution in [3.8, 4) is 0 Å². The second-order valence-electron chi connectivity index (χ2n) is 6.04. The van der Waals surface area contributed by atoms with Crippen molar-refractivity contribution in [3.63, 3.8) is 0 Å². The van der Waals surface area contributed by atoms with Crippen LogP contribution in [0.4, 0.5) is 5.13 Å². The van der Waals surface area contributed by atoms with Gasteiger partial charge in [0.05, 0.1) is 5.39 Å². The standard InChI is InChI=1S/C17H18N2O2S/c1-10-8-12-13(9-11(10)2)21-16-15(14(12)20)22-17(18-16)19-6-4-3-5-7-19/h8-9H,3-7H2,1-2H3. The van der Waals surface area contributed by atoms with Gasteiger partial charge in [-0.25, -0.2) is 0 Å². The summed E-state index contributed by atoms with van der Waals surface area (Å²) >= 11 is 1.46. The number of aryl methyl sites for hydroxylation is 2. The molecule has 0 amide bonds. The number of hydrogen-bond acceptors (Lipinski definition) is 5. The fraction of sp³-hybridized carbons (Fsp3) is 0.412. The number of nitrogens with zero attached hydrogens (tertiary/aromatic N) is 2. The molecule has 0 aliphatic carbocycles. The molecule has 3 heterocycles. The molecule has 1 aliphatic rings. The molecule has 0 saturated carbocycles. The summed E-state index contributed by atoms with van der Waals surface area (Å²) in [6, 6.07) is 3.86. The maximum Gasteiger partial charge on any atom is 0.243 e. The van der Waals surface area contributed by atoms with E-state index in [9.17, 15) is 4.79 Å². The van der Waals surface area contributed by atoms with Crippen molar-refractivity contribution in [1.29, 1.82) is 0 Å². The molecule has 1 aliphatic heterocycles. The van der Waals surface area contributed by atoms with Crippen molar-refractivity contribution in [2.45, 2.75) is 33.1 Å². The topological polar surface area (TPSA) is 46.3 Å². The minimum absolute atomic E-state index is 0.0418. The Morgan fingerprint density at radius 1 is 1.14 bits per heavy atom. The van der Waals surface area contributed by atoms with E-state index in [0.29, 0.717) is 21.4 Å². The summed E-state index contributed by atoms with van der Waals surface area (Å²) in [4.78, 5) is 19.6. The van der Waals surface area contributed by atoms with Gasteiger partial charge in [0.25, 0.3) is 0 Å². The van der Waals surface area contributed by atoms with Crippen LogP contribution in [0.2, 0.25) is 0 Å². The van der Waals surface area contributed by atoms with E-state index >= 15 is 0 Å². The minimum atomic E-state index is 0.0418. The van der Waals surface area contributed by atoms with Crippen LogP contribution in [-0.2, 0) is 0 Å². The first-order valence-corrected chi connectivity index (χ1v) is 8.55. The van der Waals surface area contributed by atoms with Crippen LogP contribution >= 0.6 is 11.3 Å². The lowest BCUT2D eigenvalue weighted by molar-refractivity contribution is 0.575. The first kappa shape index (κ1) is 13.8. The van der Waals surface area contributed by atoms with Gasteiger partial charge in [0, 0.05) is 13.1 Å². The van der Waals surface area contributed by atoms with E-state index in [0.717, 1.165) is 29.3 Å². The lowest BCUT2D eigenvalue weighted by Crippen LogP contribution is -2.29. The lowest BCUT2D eigenvalue weighted by atomic mass is 10.1. The molecule has 1 aromatic carbocycles. The molecule has 4 rings (SSSR count). The summed E-state index contributed by atoms with van der Waals surface area (Å²) < 4.78 is 6.54. The summed E-state index contributed by atoms with van der Waals surface area (Å²) in [5.41, 5.74) is 3.39. The number of piperidine rings is 1. The Labute approximate surface area is 132 Å². The zero-order valence-electron chi connectivity index (χ0n) is 12.8. The van der Waals surface area contributed by atoms with Gasteiger partial charge in [0.1, 0.15) is 10.3 Å². The molecule has 22 heavy (non-hydrogen) atoms. The molecule has 0 spiro atoms. The summed E-state index contributed by atoms with van der Waals surface area (Å²) in [5.74, 6) is 0. The Morgan fingerprint density at radius 3 is 2.64 bits per heavy atom. The monoisotopic (exact) mass is 314 g/mol. The molecule has 4 nitrogen and oxygen atoms in total. The Bertz CT molecular complexity index is 920. The van der Waals surface area contributed by atoms with Crippen LogP contribution in [0.5, 0.6) is 0 Å². The third-order valence-electron chi connectivity index (χ3n) is 4.46. The fourth-order valence-electron chi connectivity index (χ4n) is 3.01. The smallest absolute Gasteiger partial charge is 0.243 e. The zero-order valence-corrected chi connectivity index (χ0v) is 13.6. The zero-order chi connectivity index (χ0) is 15.3. The first-order valence-electron chi connectivity index (χ1n) is 7.73. The Morgan fingerprint density at radius 2 is 1.86 bits per heavy atom. The number of thiazole rings is 1. The van der Waals surface area contributed by atoms with Crippen LogP contribution in [0.1, 0.15) is 30.4 Å². The largest absolute Gasteiger partial charge is 0.437 e. The van der Waals surface area contributed by atoms with Gasteiger partial charge in [0.15, 0.2) is 5.13 Å². The van der Waals surface area contributed by atoms with Gasteiger partial charge in [-0.05, 0) is 56.4 Å². The molecule has 0 unspecified atom stereocenters. The van der Waals surface area contributed by atoms with Gasteiger partial charge >= 0.3 is 0 Å². The minimum Gasteiger partial charge on any atom is -0.437 e. The average Bonchev–Trinajstić information content (AvgIpc) is 2.95. The molecular weight excluding hydrogens is 296 g/mol. The molecule has 5 heteroatoms. The second-order valence-corrected chi connectivity index (χ2v) is 7.02. The summed E-state index contributed by atoms with van der Waals surface area (Å²) in [5, 5.41) is 1.57. The van der Waals surface area contributed by atoms with E-state index in [4.69, 9.17) is 4.42 Å². The molecule has 1 fully saturated rings. The van der Waals surface area contributed by atoms with Crippen LogP contribution in [0.25, 0.3) is 21.4 Å². The SMILES string of the molecule is Cc1cc2oc3nc(N4CCCCC4)sc3c(=O)c2cc1C. The van der Waals surface area contributed by atoms with E-state index in [-0.39, 0.29) is 5.43 Å². The molecule has 1 saturated heterocycles. The highest BCUT2D eigenvalue weighted by molar-refractivity contribution is 7.22. The average molecular weight is 314 g/mol. The van der Waals surface area contributed by atoms with Gasteiger partial charge in [-0.3, -0.25) is 4.79 Å². The highest BCUT2D eigenvalue weighted by atomic mass is 32.1. The first-order chi connectivity index (χ1) is 10.6. The fourth-order valence-corrected chi connectivity index (χ4v) is 4.01. The van der Waals surface area contributed by atoms with Crippen LogP contribution < -0.4 is 10.3 Å². The molecule has 2 aromatic heterocycles. The molecule has 0 radical (unpaired) electrons. The summed E-state index contributed by atoms with van der Waals surface area (Å²) in [6.45, 7) is 6.08. The third-order valence-corrected chi connectivity index (χ3v) is 5.56. The van der Waals surface area contributed by atoms with E-state index < -0.39 is 0 Å². The summed E-state index contributed by atoms with van der Waals surface area (Å²) in [6.07, 6.45) is 3.66. The number of fused-ring (bicyclic) bond motifs is 2. The van der Waals surface area contributed by atoms with Gasteiger partial charge < -0.3 is 9.32 Å². The van der Waals surface area contributed by atoms with Crippen LogP contribution in [0.15, 0.2) is 21.3 Å². The highest BCUT2D eigenvalue weighted by Gasteiger charge is 2.19. The number of anilines is 1. The van der Waals surface area contributed by atoms with Crippen LogP contribution in [0, 0.1) is 13.8 Å². The van der Waals surface area contributed by atoms with Crippen molar-refractivity contribution in [1.82, 2.24) is 4.98 Å². The molecule has 0 atom stereocenters. The maximum atomic E-state index is 12.7. The van der Waals surface area contributed by atoms with Gasteiger partial charge in [0.2, 0.25) is 11.1 Å². The quantitative estimate of drug-likeness (QED) is 0.681. The van der Waals surface area contributed by atoms with E-state index in [1.165, 1.54) is 30.6 Å². The second kappa shape index (κ2) is 5.09. The number of aromatic nitrogens is 1. The molecule has 114 valence electrons. The summed E-state index contributed by atoms with van der Waals surface area (Å²) in [7, 11) is 0. The Hall–Kier alpha value is -1.88.